The van der Waals surface area contributed by atoms with E-state index in [2.05, 4.69) is 52.0 Å². The lowest BCUT2D eigenvalue weighted by Gasteiger charge is -2.14. The standard InChI is InChI=1S/C12H21BrN4/c1-8(2)5-4-6-9(3)15-12-16-10(13)7-11(14)17-12/h7-9H,4-6H2,1-3H3,(H3,14,15,16,17). The molecule has 0 aliphatic rings. The number of halogens is 1. The van der Waals surface area contributed by atoms with Crippen molar-refractivity contribution in [1.82, 2.24) is 9.97 Å². The number of nitrogens with one attached hydrogen (secondary N) is 1. The van der Waals surface area contributed by atoms with Gasteiger partial charge in [0.15, 0.2) is 0 Å². The summed E-state index contributed by atoms with van der Waals surface area (Å²) in [6, 6.07) is 2.05. The number of nitrogens with zero attached hydrogens (tertiary/aromatic N) is 2. The second kappa shape index (κ2) is 6.79. The third-order valence-electron chi connectivity index (χ3n) is 2.51. The van der Waals surface area contributed by atoms with Gasteiger partial charge < -0.3 is 11.1 Å². The summed E-state index contributed by atoms with van der Waals surface area (Å²) in [5.41, 5.74) is 5.65. The lowest BCUT2D eigenvalue weighted by molar-refractivity contribution is 0.519. The summed E-state index contributed by atoms with van der Waals surface area (Å²) in [6.45, 7) is 6.63. The van der Waals surface area contributed by atoms with Gasteiger partial charge in [0.2, 0.25) is 5.95 Å². The maximum absolute atomic E-state index is 5.65. The van der Waals surface area contributed by atoms with Crippen molar-refractivity contribution in [3.05, 3.63) is 10.7 Å². The summed E-state index contributed by atoms with van der Waals surface area (Å²) in [5, 5.41) is 3.27. The molecule has 0 aromatic carbocycles. The molecule has 1 unspecified atom stereocenters. The number of nitrogen functional groups attached to an aromatic ring is 1. The van der Waals surface area contributed by atoms with E-state index in [0.717, 1.165) is 12.3 Å². The third kappa shape index (κ3) is 5.86. The van der Waals surface area contributed by atoms with E-state index in [1.54, 1.807) is 6.07 Å². The van der Waals surface area contributed by atoms with Gasteiger partial charge in [0.25, 0.3) is 0 Å². The molecule has 96 valence electrons. The fraction of sp³-hybridized carbons (Fsp3) is 0.667. The van der Waals surface area contributed by atoms with E-state index in [4.69, 9.17) is 5.73 Å². The molecule has 0 fully saturated rings. The Morgan fingerprint density at radius 3 is 2.59 bits per heavy atom. The first-order valence-corrected chi connectivity index (χ1v) is 6.83. The van der Waals surface area contributed by atoms with Gasteiger partial charge in [-0.15, -0.1) is 0 Å². The summed E-state index contributed by atoms with van der Waals surface area (Å²) in [6.07, 6.45) is 3.59. The molecule has 0 saturated heterocycles. The molecule has 1 aromatic rings. The quantitative estimate of drug-likeness (QED) is 0.790. The van der Waals surface area contributed by atoms with Gasteiger partial charge in [0, 0.05) is 12.1 Å². The molecule has 5 heteroatoms. The van der Waals surface area contributed by atoms with Crippen LogP contribution in [0.1, 0.15) is 40.0 Å². The van der Waals surface area contributed by atoms with Gasteiger partial charge in [0.1, 0.15) is 10.4 Å². The second-order valence-corrected chi connectivity index (χ2v) is 5.62. The molecule has 17 heavy (non-hydrogen) atoms. The Balaban J connectivity index is 2.42. The number of aromatic nitrogens is 2. The zero-order valence-corrected chi connectivity index (χ0v) is 12.3. The number of hydrogen-bond acceptors (Lipinski definition) is 4. The Bertz CT molecular complexity index is 334. The van der Waals surface area contributed by atoms with Crippen molar-refractivity contribution in [1.29, 1.82) is 0 Å². The highest BCUT2D eigenvalue weighted by molar-refractivity contribution is 9.10. The van der Waals surface area contributed by atoms with Crippen molar-refractivity contribution in [2.24, 2.45) is 5.92 Å². The lowest BCUT2D eigenvalue weighted by atomic mass is 10.0. The highest BCUT2D eigenvalue weighted by atomic mass is 79.9. The number of hydrogen-bond donors (Lipinski definition) is 2. The zero-order valence-electron chi connectivity index (χ0n) is 10.7. The van der Waals surface area contributed by atoms with Crippen LogP contribution in [0.4, 0.5) is 11.8 Å². The first-order valence-electron chi connectivity index (χ1n) is 6.04. The minimum Gasteiger partial charge on any atom is -0.383 e. The lowest BCUT2D eigenvalue weighted by Crippen LogP contribution is -2.17. The molecule has 4 nitrogen and oxygen atoms in total. The molecule has 3 N–H and O–H groups in total. The summed E-state index contributed by atoms with van der Waals surface area (Å²) in [4.78, 5) is 8.37. The van der Waals surface area contributed by atoms with E-state index in [9.17, 15) is 0 Å². The van der Waals surface area contributed by atoms with Crippen LogP contribution in [-0.2, 0) is 0 Å². The normalized spacial score (nSPS) is 12.8. The number of nitrogens with two attached hydrogens (primary N) is 1. The fourth-order valence-electron chi connectivity index (χ4n) is 1.62. The van der Waals surface area contributed by atoms with E-state index in [0.29, 0.717) is 22.4 Å². The van der Waals surface area contributed by atoms with Crippen LogP contribution in [0, 0.1) is 5.92 Å². The highest BCUT2D eigenvalue weighted by Crippen LogP contribution is 2.15. The summed E-state index contributed by atoms with van der Waals surface area (Å²) >= 11 is 3.30. The first kappa shape index (κ1) is 14.2. The predicted octanol–water partition coefficient (Wildman–Crippen LogP) is 3.45. The van der Waals surface area contributed by atoms with Crippen LogP contribution in [0.25, 0.3) is 0 Å². The van der Waals surface area contributed by atoms with Crippen molar-refractivity contribution in [2.75, 3.05) is 11.1 Å². The SMILES string of the molecule is CC(C)CCCC(C)Nc1nc(N)cc(Br)n1. The molecule has 0 amide bonds. The van der Waals surface area contributed by atoms with Crippen molar-refractivity contribution >= 4 is 27.7 Å². The average Bonchev–Trinajstić information content (AvgIpc) is 2.14. The van der Waals surface area contributed by atoms with Crippen molar-refractivity contribution in [3.63, 3.8) is 0 Å². The van der Waals surface area contributed by atoms with Crippen molar-refractivity contribution < 1.29 is 0 Å². The predicted molar refractivity (Wildman–Crippen MR) is 75.9 cm³/mol. The molecule has 0 spiro atoms. The third-order valence-corrected chi connectivity index (χ3v) is 2.92. The molecule has 0 bridgehead atoms. The molecule has 0 saturated carbocycles. The molecule has 1 atom stereocenters. The van der Waals surface area contributed by atoms with Crippen molar-refractivity contribution in [2.45, 2.75) is 46.1 Å². The van der Waals surface area contributed by atoms with Crippen LogP contribution >= 0.6 is 15.9 Å². The molecule has 1 heterocycles. The van der Waals surface area contributed by atoms with Crippen LogP contribution in [0.3, 0.4) is 0 Å². The average molecular weight is 301 g/mol. The zero-order chi connectivity index (χ0) is 12.8. The van der Waals surface area contributed by atoms with Gasteiger partial charge >= 0.3 is 0 Å². The van der Waals surface area contributed by atoms with Gasteiger partial charge in [-0.3, -0.25) is 0 Å². The Hall–Kier alpha value is -0.840. The number of rotatable bonds is 6. The highest BCUT2D eigenvalue weighted by Gasteiger charge is 2.06. The van der Waals surface area contributed by atoms with E-state index < -0.39 is 0 Å². The van der Waals surface area contributed by atoms with Crippen LogP contribution in [0.2, 0.25) is 0 Å². The summed E-state index contributed by atoms with van der Waals surface area (Å²) in [5.74, 6) is 1.83. The van der Waals surface area contributed by atoms with E-state index in [1.165, 1.54) is 12.8 Å². The fourth-order valence-corrected chi connectivity index (χ4v) is 2.03. The largest absolute Gasteiger partial charge is 0.383 e. The summed E-state index contributed by atoms with van der Waals surface area (Å²) in [7, 11) is 0. The van der Waals surface area contributed by atoms with Crippen molar-refractivity contribution in [3.8, 4) is 0 Å². The Labute approximate surface area is 112 Å². The van der Waals surface area contributed by atoms with E-state index in [-0.39, 0.29) is 0 Å². The number of anilines is 2. The van der Waals surface area contributed by atoms with Crippen LogP contribution < -0.4 is 11.1 Å². The monoisotopic (exact) mass is 300 g/mol. The van der Waals surface area contributed by atoms with Crippen LogP contribution in [0.15, 0.2) is 10.7 Å². The van der Waals surface area contributed by atoms with Crippen LogP contribution in [0.5, 0.6) is 0 Å². The molecule has 0 aliphatic heterocycles. The Kier molecular flexibility index (Phi) is 5.68. The molecule has 1 rings (SSSR count). The van der Waals surface area contributed by atoms with Gasteiger partial charge in [-0.1, -0.05) is 26.7 Å². The van der Waals surface area contributed by atoms with Crippen LogP contribution in [-0.4, -0.2) is 16.0 Å². The first-order chi connectivity index (χ1) is 7.97. The van der Waals surface area contributed by atoms with E-state index in [1.807, 2.05) is 0 Å². The molecule has 1 aromatic heterocycles. The minimum atomic E-state index is 0.363. The Morgan fingerprint density at radius 2 is 2.00 bits per heavy atom. The Morgan fingerprint density at radius 1 is 1.29 bits per heavy atom. The van der Waals surface area contributed by atoms with E-state index >= 15 is 0 Å². The molecular formula is C12H21BrN4. The molecule has 0 radical (unpaired) electrons. The van der Waals surface area contributed by atoms with Gasteiger partial charge in [0.05, 0.1) is 0 Å². The van der Waals surface area contributed by atoms with Gasteiger partial charge in [-0.25, -0.2) is 4.98 Å². The van der Waals surface area contributed by atoms with Gasteiger partial charge in [-0.2, -0.15) is 4.98 Å². The maximum atomic E-state index is 5.65. The minimum absolute atomic E-state index is 0.363. The maximum Gasteiger partial charge on any atom is 0.225 e. The molecule has 0 aliphatic carbocycles. The smallest absolute Gasteiger partial charge is 0.225 e. The topological polar surface area (TPSA) is 63.8 Å². The molecular weight excluding hydrogens is 280 g/mol. The second-order valence-electron chi connectivity index (χ2n) is 4.81. The summed E-state index contributed by atoms with van der Waals surface area (Å²) < 4.78 is 0.710. The van der Waals surface area contributed by atoms with Gasteiger partial charge in [-0.05, 0) is 35.2 Å².